The molecule has 0 bridgehead atoms. The summed E-state index contributed by atoms with van der Waals surface area (Å²) in [4.78, 5) is 13.4. The van der Waals surface area contributed by atoms with Crippen molar-refractivity contribution in [1.82, 2.24) is 0 Å². The third-order valence-electron chi connectivity index (χ3n) is 5.24. The maximum absolute atomic E-state index is 13.5. The maximum atomic E-state index is 13.5. The quantitative estimate of drug-likeness (QED) is 0.407. The molecule has 0 N–H and O–H groups in total. The van der Waals surface area contributed by atoms with Gasteiger partial charge in [-0.3, -0.25) is 4.79 Å². The molecular weight excluding hydrogens is 474 g/mol. The Labute approximate surface area is 206 Å². The SMILES string of the molecule is COc1ccc(N(C(=O)C(C)Oc2ccc(C(C)(C)C)cc2)S(=O)(=O)c2ccc(Cl)cc2)cc1. The van der Waals surface area contributed by atoms with Crippen LogP contribution >= 0.6 is 11.6 Å². The van der Waals surface area contributed by atoms with Crippen LogP contribution in [-0.4, -0.2) is 27.5 Å². The van der Waals surface area contributed by atoms with Gasteiger partial charge in [0.2, 0.25) is 0 Å². The van der Waals surface area contributed by atoms with Crippen molar-refractivity contribution in [1.29, 1.82) is 0 Å². The van der Waals surface area contributed by atoms with Gasteiger partial charge in [0.15, 0.2) is 6.10 Å². The van der Waals surface area contributed by atoms with Crippen molar-refractivity contribution in [2.24, 2.45) is 0 Å². The molecule has 0 heterocycles. The lowest BCUT2D eigenvalue weighted by Gasteiger charge is -2.26. The molecule has 0 fully saturated rings. The molecule has 3 rings (SSSR count). The highest BCUT2D eigenvalue weighted by atomic mass is 35.5. The number of sulfonamides is 1. The summed E-state index contributed by atoms with van der Waals surface area (Å²) in [5, 5.41) is 0.386. The second-order valence-corrected chi connectivity index (χ2v) is 11.0. The van der Waals surface area contributed by atoms with E-state index in [-0.39, 0.29) is 16.0 Å². The number of hydrogen-bond donors (Lipinski definition) is 0. The predicted octanol–water partition coefficient (Wildman–Crippen LogP) is 5.84. The molecule has 0 aliphatic rings. The first-order valence-electron chi connectivity index (χ1n) is 10.7. The number of anilines is 1. The fraction of sp³-hybridized carbons (Fsp3) is 0.269. The molecule has 1 unspecified atom stereocenters. The molecule has 3 aromatic rings. The van der Waals surface area contributed by atoms with Crippen LogP contribution in [0.25, 0.3) is 0 Å². The van der Waals surface area contributed by atoms with Crippen molar-refractivity contribution in [2.45, 2.75) is 44.1 Å². The minimum Gasteiger partial charge on any atom is -0.497 e. The fourth-order valence-electron chi connectivity index (χ4n) is 3.27. The number of amides is 1. The van der Waals surface area contributed by atoms with Gasteiger partial charge >= 0.3 is 0 Å². The van der Waals surface area contributed by atoms with Crippen LogP contribution in [0.2, 0.25) is 5.02 Å². The third-order valence-corrected chi connectivity index (χ3v) is 7.23. The number of rotatable bonds is 7. The molecule has 34 heavy (non-hydrogen) atoms. The van der Waals surface area contributed by atoms with Crippen molar-refractivity contribution in [2.75, 3.05) is 11.4 Å². The zero-order chi connectivity index (χ0) is 25.1. The third kappa shape index (κ3) is 5.72. The number of methoxy groups -OCH3 is 1. The second kappa shape index (κ2) is 10.1. The second-order valence-electron chi connectivity index (χ2n) is 8.79. The number of carbonyl (C=O) groups excluding carboxylic acids is 1. The van der Waals surface area contributed by atoms with E-state index in [1.165, 1.54) is 50.4 Å². The highest BCUT2D eigenvalue weighted by Crippen LogP contribution is 2.29. The van der Waals surface area contributed by atoms with Crippen molar-refractivity contribution in [3.63, 3.8) is 0 Å². The monoisotopic (exact) mass is 501 g/mol. The number of carbonyl (C=O) groups is 1. The van der Waals surface area contributed by atoms with Gasteiger partial charge in [-0.1, -0.05) is 44.5 Å². The summed E-state index contributed by atoms with van der Waals surface area (Å²) in [6.45, 7) is 7.82. The average Bonchev–Trinajstić information content (AvgIpc) is 2.79. The summed E-state index contributed by atoms with van der Waals surface area (Å²) >= 11 is 5.92. The van der Waals surface area contributed by atoms with Crippen molar-refractivity contribution >= 4 is 33.2 Å². The summed E-state index contributed by atoms with van der Waals surface area (Å²) in [6.07, 6.45) is -1.08. The number of halogens is 1. The van der Waals surface area contributed by atoms with E-state index in [1.807, 2.05) is 12.1 Å². The molecule has 0 aliphatic heterocycles. The first-order valence-corrected chi connectivity index (χ1v) is 12.5. The molecule has 0 saturated carbocycles. The van der Waals surface area contributed by atoms with E-state index in [4.69, 9.17) is 21.1 Å². The summed E-state index contributed by atoms with van der Waals surface area (Å²) in [5.41, 5.74) is 1.25. The summed E-state index contributed by atoms with van der Waals surface area (Å²) in [6, 6.07) is 19.2. The van der Waals surface area contributed by atoms with Gasteiger partial charge in [0, 0.05) is 5.02 Å². The molecule has 0 saturated heterocycles. The number of benzene rings is 3. The lowest BCUT2D eigenvalue weighted by Crippen LogP contribution is -2.44. The van der Waals surface area contributed by atoms with Gasteiger partial charge in [-0.2, -0.15) is 4.31 Å². The van der Waals surface area contributed by atoms with Gasteiger partial charge in [-0.05, 0) is 78.6 Å². The highest BCUT2D eigenvalue weighted by molar-refractivity contribution is 7.93. The average molecular weight is 502 g/mol. The van der Waals surface area contributed by atoms with Crippen LogP contribution in [-0.2, 0) is 20.2 Å². The number of hydrogen-bond acceptors (Lipinski definition) is 5. The molecule has 6 nitrogen and oxygen atoms in total. The molecule has 1 atom stereocenters. The van der Waals surface area contributed by atoms with Crippen LogP contribution in [0.15, 0.2) is 77.7 Å². The fourth-order valence-corrected chi connectivity index (χ4v) is 4.87. The van der Waals surface area contributed by atoms with Crippen LogP contribution < -0.4 is 13.8 Å². The van der Waals surface area contributed by atoms with Gasteiger partial charge in [0.05, 0.1) is 17.7 Å². The van der Waals surface area contributed by atoms with Crippen LogP contribution in [0, 0.1) is 0 Å². The Kier molecular flexibility index (Phi) is 7.58. The predicted molar refractivity (Wildman–Crippen MR) is 134 cm³/mol. The lowest BCUT2D eigenvalue weighted by molar-refractivity contribution is -0.123. The van der Waals surface area contributed by atoms with Gasteiger partial charge in [0.1, 0.15) is 11.5 Å². The molecule has 1 amide bonds. The maximum Gasteiger partial charge on any atom is 0.281 e. The molecule has 8 heteroatoms. The first kappa shape index (κ1) is 25.6. The molecule has 3 aromatic carbocycles. The summed E-state index contributed by atoms with van der Waals surface area (Å²) < 4.78 is 38.8. The topological polar surface area (TPSA) is 72.9 Å². The highest BCUT2D eigenvalue weighted by Gasteiger charge is 2.35. The van der Waals surface area contributed by atoms with Gasteiger partial charge in [-0.25, -0.2) is 8.42 Å². The van der Waals surface area contributed by atoms with E-state index >= 15 is 0 Å². The molecule has 0 aromatic heterocycles. The standard InChI is InChI=1S/C26H28ClNO5S/c1-18(33-23-12-6-19(7-13-23)26(2,3)4)25(29)28(21-10-14-22(32-5)15-11-21)34(30,31)24-16-8-20(27)9-17-24/h6-18H,1-5H3. The van der Waals surface area contributed by atoms with E-state index in [2.05, 4.69) is 20.8 Å². The zero-order valence-corrected chi connectivity index (χ0v) is 21.4. The Balaban J connectivity index is 1.96. The smallest absolute Gasteiger partial charge is 0.281 e. The van der Waals surface area contributed by atoms with Gasteiger partial charge < -0.3 is 9.47 Å². The normalized spacial score (nSPS) is 12.6. The number of nitrogens with zero attached hydrogens (tertiary/aromatic N) is 1. The molecule has 0 aliphatic carbocycles. The van der Waals surface area contributed by atoms with Gasteiger partial charge in [0.25, 0.3) is 15.9 Å². The minimum absolute atomic E-state index is 0.0300. The summed E-state index contributed by atoms with van der Waals surface area (Å²) in [7, 11) is -2.75. The molecule has 0 radical (unpaired) electrons. The lowest BCUT2D eigenvalue weighted by atomic mass is 9.87. The minimum atomic E-state index is -4.25. The Hall–Kier alpha value is -3.03. The largest absolute Gasteiger partial charge is 0.497 e. The Bertz CT molecular complexity index is 1230. The Morgan fingerprint density at radius 2 is 1.41 bits per heavy atom. The van der Waals surface area contributed by atoms with Crippen LogP contribution in [0.1, 0.15) is 33.3 Å². The van der Waals surface area contributed by atoms with E-state index in [9.17, 15) is 13.2 Å². The van der Waals surface area contributed by atoms with Gasteiger partial charge in [-0.15, -0.1) is 0 Å². The van der Waals surface area contributed by atoms with E-state index in [0.29, 0.717) is 16.5 Å². The van der Waals surface area contributed by atoms with E-state index < -0.39 is 22.0 Å². The van der Waals surface area contributed by atoms with Crippen LogP contribution in [0.4, 0.5) is 5.69 Å². The first-order chi connectivity index (χ1) is 15.9. The zero-order valence-electron chi connectivity index (χ0n) is 19.8. The Morgan fingerprint density at radius 3 is 1.91 bits per heavy atom. The molecule has 180 valence electrons. The molecule has 0 spiro atoms. The Morgan fingerprint density at radius 1 is 0.882 bits per heavy atom. The van der Waals surface area contributed by atoms with Crippen LogP contribution in [0.5, 0.6) is 11.5 Å². The van der Waals surface area contributed by atoms with Crippen LogP contribution in [0.3, 0.4) is 0 Å². The van der Waals surface area contributed by atoms with Crippen molar-refractivity contribution < 1.29 is 22.7 Å². The van der Waals surface area contributed by atoms with Crippen molar-refractivity contribution in [3.05, 3.63) is 83.4 Å². The van der Waals surface area contributed by atoms with E-state index in [0.717, 1.165) is 9.87 Å². The number of ether oxygens (including phenoxy) is 2. The van der Waals surface area contributed by atoms with Crippen molar-refractivity contribution in [3.8, 4) is 11.5 Å². The van der Waals surface area contributed by atoms with E-state index in [1.54, 1.807) is 24.3 Å². The molecular formula is C26H28ClNO5S. The summed E-state index contributed by atoms with van der Waals surface area (Å²) in [5.74, 6) is 0.260.